The molecule has 1 heterocycles. The maximum atomic E-state index is 12.6. The first-order valence-corrected chi connectivity index (χ1v) is 25.1. The number of fused-ring (bicyclic) bond motifs is 2. The van der Waals surface area contributed by atoms with Crippen LogP contribution >= 0.6 is 0 Å². The van der Waals surface area contributed by atoms with Gasteiger partial charge in [0.2, 0.25) is 0 Å². The van der Waals surface area contributed by atoms with Gasteiger partial charge in [-0.3, -0.25) is 4.79 Å². The van der Waals surface area contributed by atoms with Crippen molar-refractivity contribution >= 4 is 40.0 Å². The molecule has 3 aliphatic rings. The molecule has 1 aromatic heterocycles. The minimum absolute atomic E-state index is 0.0476. The summed E-state index contributed by atoms with van der Waals surface area (Å²) in [5, 5.41) is 1.06. The lowest BCUT2D eigenvalue weighted by Crippen LogP contribution is -2.13. The van der Waals surface area contributed by atoms with Gasteiger partial charge in [-0.05, 0) is 155 Å². The van der Waals surface area contributed by atoms with Crippen LogP contribution in [0.15, 0.2) is 146 Å². The molecular formula is C62H63NO8. The van der Waals surface area contributed by atoms with Crippen molar-refractivity contribution < 1.29 is 38.1 Å². The summed E-state index contributed by atoms with van der Waals surface area (Å²) in [5.41, 5.74) is 14.1. The summed E-state index contributed by atoms with van der Waals surface area (Å²) in [6.45, 7) is 1.11. The molecule has 7 aromatic rings. The predicted octanol–water partition coefficient (Wildman–Crippen LogP) is 14.0. The molecule has 0 bridgehead atoms. The Hall–Kier alpha value is -7.39. The Kier molecular flexibility index (Phi) is 15.8. The van der Waals surface area contributed by atoms with Gasteiger partial charge in [0.05, 0.1) is 43.7 Å². The van der Waals surface area contributed by atoms with Gasteiger partial charge in [-0.15, -0.1) is 0 Å². The number of hydrogen-bond donors (Lipinski definition) is 0. The number of esters is 3. The average molecular weight is 950 g/mol. The van der Waals surface area contributed by atoms with Crippen molar-refractivity contribution in [1.82, 2.24) is 4.57 Å². The number of carbonyl (C=O) groups excluding carboxylic acids is 3. The van der Waals surface area contributed by atoms with Crippen molar-refractivity contribution in [3.05, 3.63) is 190 Å². The summed E-state index contributed by atoms with van der Waals surface area (Å²) in [5.74, 6) is 1.60. The monoisotopic (exact) mass is 949 g/mol. The molecule has 71 heavy (non-hydrogen) atoms. The predicted molar refractivity (Wildman–Crippen MR) is 279 cm³/mol. The van der Waals surface area contributed by atoms with Crippen molar-refractivity contribution in [3.8, 4) is 22.8 Å². The highest BCUT2D eigenvalue weighted by atomic mass is 16.5. The minimum atomic E-state index is -0.404. The first kappa shape index (κ1) is 48.6. The molecule has 0 spiro atoms. The van der Waals surface area contributed by atoms with Crippen LogP contribution < -0.4 is 9.47 Å². The fourth-order valence-electron chi connectivity index (χ4n) is 10.8. The van der Waals surface area contributed by atoms with Crippen molar-refractivity contribution in [2.45, 2.75) is 96.3 Å². The number of allylic oxidation sites excluding steroid dienone is 2. The topological polar surface area (TPSA) is 102 Å². The Morgan fingerprint density at radius 2 is 1.06 bits per heavy atom. The van der Waals surface area contributed by atoms with Gasteiger partial charge in [0, 0.05) is 5.39 Å². The van der Waals surface area contributed by atoms with Gasteiger partial charge in [0.25, 0.3) is 0 Å². The molecule has 0 unspecified atom stereocenters. The van der Waals surface area contributed by atoms with Crippen LogP contribution in [0.2, 0.25) is 0 Å². The Morgan fingerprint density at radius 1 is 0.535 bits per heavy atom. The number of hydrogen-bond acceptors (Lipinski definition) is 8. The fourth-order valence-corrected chi connectivity index (χ4v) is 10.8. The molecule has 0 radical (unpaired) electrons. The quantitative estimate of drug-likeness (QED) is 0.0785. The van der Waals surface area contributed by atoms with Crippen LogP contribution in [0, 0.1) is 5.92 Å². The molecular weight excluding hydrogens is 887 g/mol. The van der Waals surface area contributed by atoms with E-state index in [9.17, 15) is 14.4 Å². The van der Waals surface area contributed by atoms with Gasteiger partial charge in [-0.2, -0.15) is 0 Å². The Bertz CT molecular complexity index is 2980. The summed E-state index contributed by atoms with van der Waals surface area (Å²) >= 11 is 0. The SMILES string of the molecule is COC(=O)Cn1c(-c2ccc(OCc3ccccc3)cc2)c(C2CCCCC2)c2ccc(C(=O)OC)cc21.COC(=O)c1ccc2c(c1)CC(c1ccc(OCc3ccccc3)cc1)=C2C1CCCCC1. The molecule has 0 N–H and O–H groups in total. The van der Waals surface area contributed by atoms with Gasteiger partial charge >= 0.3 is 17.9 Å². The fraction of sp³-hybridized carbons (Fsp3) is 0.306. The molecule has 364 valence electrons. The van der Waals surface area contributed by atoms with E-state index in [0.717, 1.165) is 64.0 Å². The van der Waals surface area contributed by atoms with E-state index >= 15 is 0 Å². The lowest BCUT2D eigenvalue weighted by atomic mass is 9.79. The van der Waals surface area contributed by atoms with E-state index in [1.807, 2.05) is 95.6 Å². The summed E-state index contributed by atoms with van der Waals surface area (Å²) < 4.78 is 29.0. The van der Waals surface area contributed by atoms with Crippen LogP contribution in [0.4, 0.5) is 0 Å². The van der Waals surface area contributed by atoms with Gasteiger partial charge in [0.15, 0.2) is 0 Å². The molecule has 0 amide bonds. The van der Waals surface area contributed by atoms with Crippen LogP contribution in [0.5, 0.6) is 11.5 Å². The number of ether oxygens (including phenoxy) is 5. The minimum Gasteiger partial charge on any atom is -0.489 e. The third-order valence-corrected chi connectivity index (χ3v) is 14.4. The third-order valence-electron chi connectivity index (χ3n) is 14.4. The van der Waals surface area contributed by atoms with Gasteiger partial charge in [-0.1, -0.05) is 123 Å². The van der Waals surface area contributed by atoms with E-state index in [-0.39, 0.29) is 18.5 Å². The van der Waals surface area contributed by atoms with Crippen molar-refractivity contribution in [1.29, 1.82) is 0 Å². The van der Waals surface area contributed by atoms with Crippen LogP contribution in [-0.2, 0) is 45.2 Å². The second kappa shape index (κ2) is 23.0. The molecule has 10 rings (SSSR count). The number of benzene rings is 6. The lowest BCUT2D eigenvalue weighted by molar-refractivity contribution is -0.141. The summed E-state index contributed by atoms with van der Waals surface area (Å²) in [6.07, 6.45) is 13.1. The standard InChI is InChI=1S/C32H33NO5.C30H30O3/c1-36-29(34)20-33-28-19-25(32(35)37-2)15-18-27(28)30(23-11-7-4-8-12-23)31(33)24-13-16-26(17-14-24)38-21-22-9-5-3-6-10-22;1-32-30(31)24-14-17-27-25(18-24)19-28(29(27)23-10-6-3-7-11-23)22-12-15-26(16-13-22)33-20-21-8-4-2-5-9-21/h3,5-6,9-10,13-19,23H,4,7-8,11-12,20-21H2,1-2H3;2,4-5,8-9,12-18,23H,3,6-7,10-11,19-20H2,1H3. The lowest BCUT2D eigenvalue weighted by Gasteiger charge is -2.25. The average Bonchev–Trinajstić information content (AvgIpc) is 3.98. The number of nitrogens with zero attached hydrogens (tertiary/aromatic N) is 1. The van der Waals surface area contributed by atoms with E-state index in [1.54, 1.807) is 0 Å². The molecule has 2 fully saturated rings. The summed E-state index contributed by atoms with van der Waals surface area (Å²) in [6, 6.07) is 48.6. The highest BCUT2D eigenvalue weighted by Gasteiger charge is 2.31. The first-order chi connectivity index (χ1) is 34.8. The molecule has 6 aromatic carbocycles. The molecule has 0 atom stereocenters. The van der Waals surface area contributed by atoms with Crippen LogP contribution in [0.1, 0.15) is 124 Å². The summed E-state index contributed by atoms with van der Waals surface area (Å²) in [4.78, 5) is 37.1. The molecule has 2 saturated carbocycles. The largest absolute Gasteiger partial charge is 0.489 e. The molecule has 0 aliphatic heterocycles. The maximum Gasteiger partial charge on any atom is 0.337 e. The van der Waals surface area contributed by atoms with Gasteiger partial charge < -0.3 is 28.3 Å². The zero-order chi connectivity index (χ0) is 49.1. The van der Waals surface area contributed by atoms with E-state index in [0.29, 0.717) is 36.2 Å². The number of methoxy groups -OCH3 is 3. The Labute approximate surface area is 417 Å². The highest BCUT2D eigenvalue weighted by Crippen LogP contribution is 2.48. The van der Waals surface area contributed by atoms with E-state index in [2.05, 4.69) is 54.6 Å². The first-order valence-electron chi connectivity index (χ1n) is 25.1. The van der Waals surface area contributed by atoms with Crippen LogP contribution in [-0.4, -0.2) is 43.8 Å². The van der Waals surface area contributed by atoms with Gasteiger partial charge in [0.1, 0.15) is 31.3 Å². The number of rotatable bonds is 14. The van der Waals surface area contributed by atoms with E-state index in [1.165, 1.54) is 106 Å². The molecule has 0 saturated heterocycles. The van der Waals surface area contributed by atoms with Crippen molar-refractivity contribution in [2.24, 2.45) is 5.92 Å². The van der Waals surface area contributed by atoms with E-state index in [4.69, 9.17) is 23.7 Å². The zero-order valence-corrected chi connectivity index (χ0v) is 41.1. The van der Waals surface area contributed by atoms with Crippen LogP contribution in [0.3, 0.4) is 0 Å². The van der Waals surface area contributed by atoms with Crippen molar-refractivity contribution in [3.63, 3.8) is 0 Å². The Morgan fingerprint density at radius 3 is 1.61 bits per heavy atom. The maximum absolute atomic E-state index is 12.6. The van der Waals surface area contributed by atoms with Crippen molar-refractivity contribution in [2.75, 3.05) is 21.3 Å². The molecule has 3 aliphatic carbocycles. The Balaban J connectivity index is 0.000000177. The molecule has 9 nitrogen and oxygen atoms in total. The third kappa shape index (κ3) is 11.3. The van der Waals surface area contributed by atoms with Crippen LogP contribution in [0.25, 0.3) is 33.3 Å². The number of aromatic nitrogens is 1. The number of carbonyl (C=O) groups is 3. The zero-order valence-electron chi connectivity index (χ0n) is 41.1. The smallest absolute Gasteiger partial charge is 0.337 e. The van der Waals surface area contributed by atoms with E-state index < -0.39 is 5.97 Å². The van der Waals surface area contributed by atoms with Gasteiger partial charge in [-0.25, -0.2) is 9.59 Å². The molecule has 9 heteroatoms. The highest BCUT2D eigenvalue weighted by molar-refractivity contribution is 6.01. The second-order valence-corrected chi connectivity index (χ2v) is 18.8. The second-order valence-electron chi connectivity index (χ2n) is 18.8. The summed E-state index contributed by atoms with van der Waals surface area (Å²) in [7, 11) is 4.21. The normalized spacial score (nSPS) is 14.8.